The fourth-order valence-corrected chi connectivity index (χ4v) is 3.81. The number of nitrogens with one attached hydrogen (secondary N) is 1. The Hall–Kier alpha value is -1.45. The lowest BCUT2D eigenvalue weighted by atomic mass is 10.1. The fraction of sp³-hybridized carbons (Fsp3) is 0.294. The smallest absolute Gasteiger partial charge is 0.0733 e. The molecular formula is C17H19NOS. The SMILES string of the molecule is COCc1ccccc1NCC1Cc2ccccc2S1. The van der Waals surface area contributed by atoms with Crippen LogP contribution in [0, 0.1) is 0 Å². The standard InChI is InChI=1S/C17H19NOS/c1-19-12-14-7-2-4-8-16(14)18-11-15-10-13-6-3-5-9-17(13)20-15/h2-9,15,18H,10-12H2,1H3. The minimum absolute atomic E-state index is 0.614. The van der Waals surface area contributed by atoms with Crippen LogP contribution in [0.3, 0.4) is 0 Å². The van der Waals surface area contributed by atoms with Gasteiger partial charge in [0.2, 0.25) is 0 Å². The third-order valence-electron chi connectivity index (χ3n) is 3.55. The zero-order valence-corrected chi connectivity index (χ0v) is 12.5. The number of anilines is 1. The largest absolute Gasteiger partial charge is 0.384 e. The Kier molecular flexibility index (Phi) is 4.28. The lowest BCUT2D eigenvalue weighted by Crippen LogP contribution is -2.16. The van der Waals surface area contributed by atoms with Crippen LogP contribution in [0.1, 0.15) is 11.1 Å². The Morgan fingerprint density at radius 2 is 1.95 bits per heavy atom. The van der Waals surface area contributed by atoms with E-state index < -0.39 is 0 Å². The molecule has 0 bridgehead atoms. The summed E-state index contributed by atoms with van der Waals surface area (Å²) in [7, 11) is 1.74. The summed E-state index contributed by atoms with van der Waals surface area (Å²) >= 11 is 1.98. The number of ether oxygens (including phenoxy) is 1. The van der Waals surface area contributed by atoms with Crippen molar-refractivity contribution in [3.05, 3.63) is 59.7 Å². The summed E-state index contributed by atoms with van der Waals surface area (Å²) in [4.78, 5) is 1.43. The summed E-state index contributed by atoms with van der Waals surface area (Å²) in [5, 5.41) is 4.19. The van der Waals surface area contributed by atoms with Crippen LogP contribution in [0.5, 0.6) is 0 Å². The number of rotatable bonds is 5. The number of para-hydroxylation sites is 1. The average molecular weight is 285 g/mol. The second kappa shape index (κ2) is 6.33. The fourth-order valence-electron chi connectivity index (χ4n) is 2.57. The van der Waals surface area contributed by atoms with Crippen LogP contribution in [0.2, 0.25) is 0 Å². The van der Waals surface area contributed by atoms with E-state index in [1.807, 2.05) is 11.8 Å². The van der Waals surface area contributed by atoms with Gasteiger partial charge >= 0.3 is 0 Å². The van der Waals surface area contributed by atoms with Crippen molar-refractivity contribution in [1.29, 1.82) is 0 Å². The molecule has 1 aliphatic rings. The van der Waals surface area contributed by atoms with Gasteiger partial charge in [0, 0.05) is 35.1 Å². The predicted octanol–water partition coefficient (Wildman–Crippen LogP) is 3.96. The van der Waals surface area contributed by atoms with Crippen molar-refractivity contribution in [2.45, 2.75) is 23.2 Å². The summed E-state index contributed by atoms with van der Waals surface area (Å²) in [6.07, 6.45) is 1.15. The highest BCUT2D eigenvalue weighted by atomic mass is 32.2. The third kappa shape index (κ3) is 3.00. The summed E-state index contributed by atoms with van der Waals surface area (Å²) in [6, 6.07) is 17.1. The molecule has 0 radical (unpaired) electrons. The maximum atomic E-state index is 5.25. The molecule has 3 heteroatoms. The van der Waals surface area contributed by atoms with E-state index in [0.717, 1.165) is 13.0 Å². The van der Waals surface area contributed by atoms with Crippen LogP contribution in [-0.2, 0) is 17.8 Å². The first-order chi connectivity index (χ1) is 9.86. The third-order valence-corrected chi connectivity index (χ3v) is 4.87. The number of thioether (sulfide) groups is 1. The second-order valence-electron chi connectivity index (χ2n) is 5.02. The van der Waals surface area contributed by atoms with Gasteiger partial charge in [-0.05, 0) is 24.1 Å². The number of methoxy groups -OCH3 is 1. The first-order valence-corrected chi connectivity index (χ1v) is 7.80. The molecule has 104 valence electrons. The minimum atomic E-state index is 0.614. The lowest BCUT2D eigenvalue weighted by Gasteiger charge is -2.14. The van der Waals surface area contributed by atoms with E-state index in [-0.39, 0.29) is 0 Å². The van der Waals surface area contributed by atoms with Crippen molar-refractivity contribution in [3.8, 4) is 0 Å². The summed E-state index contributed by atoms with van der Waals surface area (Å²) in [5.41, 5.74) is 3.89. The van der Waals surface area contributed by atoms with Gasteiger partial charge in [-0.25, -0.2) is 0 Å². The molecule has 1 heterocycles. The van der Waals surface area contributed by atoms with Gasteiger partial charge in [-0.3, -0.25) is 0 Å². The van der Waals surface area contributed by atoms with Crippen LogP contribution >= 0.6 is 11.8 Å². The van der Waals surface area contributed by atoms with Crippen LogP contribution in [0.15, 0.2) is 53.4 Å². The monoisotopic (exact) mass is 285 g/mol. The topological polar surface area (TPSA) is 21.3 Å². The first kappa shape index (κ1) is 13.5. The molecule has 0 saturated heterocycles. The van der Waals surface area contributed by atoms with E-state index in [4.69, 9.17) is 4.74 Å². The molecule has 2 aromatic carbocycles. The van der Waals surface area contributed by atoms with Crippen LogP contribution in [-0.4, -0.2) is 18.9 Å². The first-order valence-electron chi connectivity index (χ1n) is 6.92. The molecule has 2 nitrogen and oxygen atoms in total. The molecule has 20 heavy (non-hydrogen) atoms. The van der Waals surface area contributed by atoms with Gasteiger partial charge in [-0.1, -0.05) is 36.4 Å². The minimum Gasteiger partial charge on any atom is -0.384 e. The van der Waals surface area contributed by atoms with Crippen molar-refractivity contribution in [3.63, 3.8) is 0 Å². The van der Waals surface area contributed by atoms with Crippen LogP contribution in [0.25, 0.3) is 0 Å². The Labute approximate surface area is 124 Å². The van der Waals surface area contributed by atoms with Gasteiger partial charge in [0.1, 0.15) is 0 Å². The predicted molar refractivity (Wildman–Crippen MR) is 85.4 cm³/mol. The Morgan fingerprint density at radius 3 is 2.80 bits per heavy atom. The van der Waals surface area contributed by atoms with E-state index in [2.05, 4.69) is 53.8 Å². The maximum Gasteiger partial charge on any atom is 0.0733 e. The van der Waals surface area contributed by atoms with E-state index >= 15 is 0 Å². The highest BCUT2D eigenvalue weighted by molar-refractivity contribution is 8.00. The summed E-state index contributed by atoms with van der Waals surface area (Å²) in [5.74, 6) is 0. The Bertz CT molecular complexity index is 560. The zero-order valence-electron chi connectivity index (χ0n) is 11.6. The molecule has 1 aliphatic heterocycles. The van der Waals surface area contributed by atoms with Crippen LogP contribution < -0.4 is 5.32 Å². The van der Waals surface area contributed by atoms with Crippen molar-refractivity contribution < 1.29 is 4.74 Å². The van der Waals surface area contributed by atoms with Crippen molar-refractivity contribution in [2.24, 2.45) is 0 Å². The molecule has 1 N–H and O–H groups in total. The molecule has 0 fully saturated rings. The second-order valence-corrected chi connectivity index (χ2v) is 6.36. The van der Waals surface area contributed by atoms with Crippen molar-refractivity contribution in [2.75, 3.05) is 19.0 Å². The van der Waals surface area contributed by atoms with Crippen molar-refractivity contribution in [1.82, 2.24) is 0 Å². The average Bonchev–Trinajstić information content (AvgIpc) is 2.89. The Morgan fingerprint density at radius 1 is 1.15 bits per heavy atom. The van der Waals surface area contributed by atoms with Gasteiger partial charge in [0.15, 0.2) is 0 Å². The summed E-state index contributed by atoms with van der Waals surface area (Å²) in [6.45, 7) is 1.64. The van der Waals surface area contributed by atoms with Gasteiger partial charge in [-0.2, -0.15) is 0 Å². The molecule has 2 aromatic rings. The molecule has 3 rings (SSSR count). The van der Waals surface area contributed by atoms with Crippen LogP contribution in [0.4, 0.5) is 5.69 Å². The lowest BCUT2D eigenvalue weighted by molar-refractivity contribution is 0.185. The highest BCUT2D eigenvalue weighted by Crippen LogP contribution is 2.36. The maximum absolute atomic E-state index is 5.25. The number of fused-ring (bicyclic) bond motifs is 1. The Balaban J connectivity index is 1.61. The number of benzene rings is 2. The van der Waals surface area contributed by atoms with Gasteiger partial charge in [0.25, 0.3) is 0 Å². The molecule has 0 aliphatic carbocycles. The van der Waals surface area contributed by atoms with E-state index in [1.165, 1.54) is 21.7 Å². The molecule has 0 aromatic heterocycles. The van der Waals surface area contributed by atoms with Gasteiger partial charge < -0.3 is 10.1 Å². The molecule has 0 saturated carbocycles. The molecule has 0 spiro atoms. The van der Waals surface area contributed by atoms with Gasteiger partial charge in [-0.15, -0.1) is 11.8 Å². The molecule has 0 amide bonds. The van der Waals surface area contributed by atoms with E-state index in [0.29, 0.717) is 11.9 Å². The highest BCUT2D eigenvalue weighted by Gasteiger charge is 2.21. The number of hydrogen-bond acceptors (Lipinski definition) is 3. The normalized spacial score (nSPS) is 16.9. The molecular weight excluding hydrogens is 266 g/mol. The summed E-state index contributed by atoms with van der Waals surface area (Å²) < 4.78 is 5.25. The zero-order chi connectivity index (χ0) is 13.8. The molecule has 1 atom stereocenters. The molecule has 1 unspecified atom stereocenters. The quantitative estimate of drug-likeness (QED) is 0.898. The van der Waals surface area contributed by atoms with Gasteiger partial charge in [0.05, 0.1) is 6.61 Å². The van der Waals surface area contributed by atoms with E-state index in [1.54, 1.807) is 7.11 Å². The number of hydrogen-bond donors (Lipinski definition) is 1. The van der Waals surface area contributed by atoms with E-state index in [9.17, 15) is 0 Å². The van der Waals surface area contributed by atoms with Crippen molar-refractivity contribution >= 4 is 17.4 Å².